The first-order chi connectivity index (χ1) is 7.70. The van der Waals surface area contributed by atoms with Gasteiger partial charge in [-0.05, 0) is 19.1 Å². The molecule has 0 fully saturated rings. The maximum Gasteiger partial charge on any atom is 0.277 e. The van der Waals surface area contributed by atoms with Gasteiger partial charge in [-0.3, -0.25) is 4.79 Å². The van der Waals surface area contributed by atoms with Gasteiger partial charge in [-0.2, -0.15) is 0 Å². The highest BCUT2D eigenvalue weighted by atomic mass is 35.5. The lowest BCUT2D eigenvalue weighted by atomic mass is 10.2. The molecule has 16 heavy (non-hydrogen) atoms. The first kappa shape index (κ1) is 10.8. The number of rotatable bonds is 2. The van der Waals surface area contributed by atoms with Crippen molar-refractivity contribution in [2.45, 2.75) is 6.92 Å². The molecule has 1 aromatic rings. The number of halogens is 1. The van der Waals surface area contributed by atoms with Gasteiger partial charge in [-0.15, -0.1) is 5.10 Å². The Morgan fingerprint density at radius 1 is 1.62 bits per heavy atom. The summed E-state index contributed by atoms with van der Waals surface area (Å²) in [7, 11) is 0. The Morgan fingerprint density at radius 3 is 3.06 bits per heavy atom. The Kier molecular flexibility index (Phi) is 2.96. The van der Waals surface area contributed by atoms with Gasteiger partial charge in [0.25, 0.3) is 5.91 Å². The van der Waals surface area contributed by atoms with Crippen molar-refractivity contribution >= 4 is 29.5 Å². The summed E-state index contributed by atoms with van der Waals surface area (Å²) in [4.78, 5) is 14.4. The minimum atomic E-state index is -0.283. The van der Waals surface area contributed by atoms with E-state index in [1.807, 2.05) is 6.92 Å². The molecule has 1 amide bonds. The van der Waals surface area contributed by atoms with E-state index in [1.165, 1.54) is 0 Å². The summed E-state index contributed by atoms with van der Waals surface area (Å²) < 4.78 is 5.22. The summed E-state index contributed by atoms with van der Waals surface area (Å²) in [6, 6.07) is 1.71. The molecular weight excluding hydrogens is 230 g/mol. The molecule has 84 valence electrons. The van der Waals surface area contributed by atoms with Crippen molar-refractivity contribution in [2.75, 3.05) is 6.61 Å². The van der Waals surface area contributed by atoms with Crippen LogP contribution < -0.4 is 5.43 Å². The van der Waals surface area contributed by atoms with Gasteiger partial charge in [0, 0.05) is 11.9 Å². The average molecular weight is 240 g/mol. The van der Waals surface area contributed by atoms with E-state index in [-0.39, 0.29) is 5.91 Å². The number of carbonyl (C=O) groups excluding carboxylic acids is 1. The maximum atomic E-state index is 11.4. The van der Waals surface area contributed by atoms with Crippen molar-refractivity contribution in [1.29, 1.82) is 0 Å². The molecular formula is C10H10ClN3O2. The molecule has 0 bridgehead atoms. The van der Waals surface area contributed by atoms with Crippen LogP contribution in [0, 0.1) is 0 Å². The number of hydrogen-bond acceptors (Lipinski definition) is 3. The van der Waals surface area contributed by atoms with E-state index in [4.69, 9.17) is 16.3 Å². The number of hydrazone groups is 1. The van der Waals surface area contributed by atoms with E-state index in [0.29, 0.717) is 23.1 Å². The van der Waals surface area contributed by atoms with Crippen LogP contribution in [0.2, 0.25) is 5.02 Å². The third kappa shape index (κ3) is 2.09. The van der Waals surface area contributed by atoms with Crippen LogP contribution >= 0.6 is 11.6 Å². The number of H-pyrrole nitrogens is 1. The highest BCUT2D eigenvalue weighted by molar-refractivity contribution is 6.30. The van der Waals surface area contributed by atoms with Crippen LogP contribution in [-0.2, 0) is 9.53 Å². The van der Waals surface area contributed by atoms with Crippen molar-refractivity contribution in [3.05, 3.63) is 28.6 Å². The second kappa shape index (κ2) is 4.40. The molecule has 0 saturated carbocycles. The van der Waals surface area contributed by atoms with Gasteiger partial charge in [-0.1, -0.05) is 11.6 Å². The lowest BCUT2D eigenvalue weighted by molar-refractivity contribution is -0.116. The van der Waals surface area contributed by atoms with E-state index in [0.717, 1.165) is 5.69 Å². The van der Waals surface area contributed by atoms with Gasteiger partial charge >= 0.3 is 0 Å². The highest BCUT2D eigenvalue weighted by Crippen LogP contribution is 2.15. The molecule has 0 aliphatic carbocycles. The van der Waals surface area contributed by atoms with Crippen molar-refractivity contribution < 1.29 is 9.53 Å². The molecule has 1 aromatic heterocycles. The zero-order chi connectivity index (χ0) is 11.5. The number of aromatic nitrogens is 1. The quantitative estimate of drug-likeness (QED) is 0.769. The SMILES string of the molecule is CCOC1=NNC(=O)/C1=C/c1cc(Cl)c[nH]1. The van der Waals surface area contributed by atoms with E-state index in [1.54, 1.807) is 18.3 Å². The van der Waals surface area contributed by atoms with E-state index < -0.39 is 0 Å². The molecule has 6 heteroatoms. The Labute approximate surface area is 97.1 Å². The number of carbonyl (C=O) groups is 1. The summed E-state index contributed by atoms with van der Waals surface area (Å²) in [6.45, 7) is 2.28. The van der Waals surface area contributed by atoms with Crippen molar-refractivity contribution in [3.63, 3.8) is 0 Å². The Bertz CT molecular complexity index is 476. The van der Waals surface area contributed by atoms with Gasteiger partial charge in [0.1, 0.15) is 5.57 Å². The molecule has 1 aliphatic rings. The van der Waals surface area contributed by atoms with Gasteiger partial charge < -0.3 is 9.72 Å². The topological polar surface area (TPSA) is 66.5 Å². The number of hydrogen-bond donors (Lipinski definition) is 2. The van der Waals surface area contributed by atoms with Crippen LogP contribution in [0.4, 0.5) is 0 Å². The summed E-state index contributed by atoms with van der Waals surface area (Å²) in [6.07, 6.45) is 3.28. The minimum absolute atomic E-state index is 0.283. The Balaban J connectivity index is 2.27. The van der Waals surface area contributed by atoms with Crippen molar-refractivity contribution in [2.24, 2.45) is 5.10 Å². The van der Waals surface area contributed by atoms with Crippen molar-refractivity contribution in [1.82, 2.24) is 10.4 Å². The van der Waals surface area contributed by atoms with Crippen molar-refractivity contribution in [3.8, 4) is 0 Å². The van der Waals surface area contributed by atoms with Crippen LogP contribution in [0.1, 0.15) is 12.6 Å². The molecule has 1 aliphatic heterocycles. The Hall–Kier alpha value is -1.75. The molecule has 0 radical (unpaired) electrons. The van der Waals surface area contributed by atoms with Gasteiger partial charge in [-0.25, -0.2) is 5.43 Å². The van der Waals surface area contributed by atoms with Crippen LogP contribution in [-0.4, -0.2) is 23.4 Å². The van der Waals surface area contributed by atoms with Gasteiger partial charge in [0.05, 0.1) is 11.6 Å². The summed E-state index contributed by atoms with van der Waals surface area (Å²) >= 11 is 5.76. The predicted molar refractivity (Wildman–Crippen MR) is 61.0 cm³/mol. The third-order valence-corrected chi connectivity index (χ3v) is 2.20. The molecule has 0 aromatic carbocycles. The molecule has 0 atom stereocenters. The van der Waals surface area contributed by atoms with Crippen LogP contribution in [0.15, 0.2) is 22.9 Å². The minimum Gasteiger partial charge on any atom is -0.476 e. The number of nitrogens with one attached hydrogen (secondary N) is 2. The zero-order valence-corrected chi connectivity index (χ0v) is 9.34. The highest BCUT2D eigenvalue weighted by Gasteiger charge is 2.23. The molecule has 0 spiro atoms. The fourth-order valence-electron chi connectivity index (χ4n) is 1.32. The number of aromatic amines is 1. The first-order valence-electron chi connectivity index (χ1n) is 4.77. The summed E-state index contributed by atoms with van der Waals surface area (Å²) in [5, 5.41) is 4.35. The number of nitrogens with zero attached hydrogens (tertiary/aromatic N) is 1. The molecule has 5 nitrogen and oxygen atoms in total. The fraction of sp³-hybridized carbons (Fsp3) is 0.200. The first-order valence-corrected chi connectivity index (χ1v) is 5.15. The van der Waals surface area contributed by atoms with Crippen LogP contribution in [0.3, 0.4) is 0 Å². The monoisotopic (exact) mass is 239 g/mol. The Morgan fingerprint density at radius 2 is 2.44 bits per heavy atom. The maximum absolute atomic E-state index is 11.4. The summed E-state index contributed by atoms with van der Waals surface area (Å²) in [5.41, 5.74) is 3.46. The van der Waals surface area contributed by atoms with E-state index in [2.05, 4.69) is 15.5 Å². The zero-order valence-electron chi connectivity index (χ0n) is 8.58. The summed E-state index contributed by atoms with van der Waals surface area (Å²) in [5.74, 6) is 0.0207. The number of amides is 1. The standard InChI is InChI=1S/C10H10ClN3O2/c1-2-16-10-8(9(15)13-14-10)4-7-3-6(11)5-12-7/h3-5,12H,2H2,1H3,(H,13,15)/b8-4-. The predicted octanol–water partition coefficient (Wildman–Crippen LogP) is 1.53. The van der Waals surface area contributed by atoms with E-state index in [9.17, 15) is 4.79 Å². The lowest BCUT2D eigenvalue weighted by Gasteiger charge is -2.00. The van der Waals surface area contributed by atoms with Crippen LogP contribution in [0.5, 0.6) is 0 Å². The lowest BCUT2D eigenvalue weighted by Crippen LogP contribution is -2.14. The third-order valence-electron chi connectivity index (χ3n) is 1.99. The largest absolute Gasteiger partial charge is 0.476 e. The molecule has 2 rings (SSSR count). The fourth-order valence-corrected chi connectivity index (χ4v) is 1.49. The number of ether oxygens (including phenoxy) is 1. The normalized spacial score (nSPS) is 17.5. The van der Waals surface area contributed by atoms with Gasteiger partial charge in [0.2, 0.25) is 5.90 Å². The molecule has 0 saturated heterocycles. The average Bonchev–Trinajstić information content (AvgIpc) is 2.79. The van der Waals surface area contributed by atoms with Gasteiger partial charge in [0.15, 0.2) is 0 Å². The second-order valence-corrected chi connectivity index (χ2v) is 3.56. The van der Waals surface area contributed by atoms with Crippen LogP contribution in [0.25, 0.3) is 6.08 Å². The second-order valence-electron chi connectivity index (χ2n) is 3.12. The molecule has 0 unspecified atom stereocenters. The van der Waals surface area contributed by atoms with E-state index >= 15 is 0 Å². The molecule has 2 heterocycles. The smallest absolute Gasteiger partial charge is 0.277 e. The molecule has 2 N–H and O–H groups in total.